The standard InChI is InChI=1S/C24H32N2O3/c1-5-14-25(23(27)16-19(2)3)18-24(28)26(17-22-12-11-20(4)29-22)15-13-21-9-7-6-8-10-21/h5-12,19H,1,13-18H2,2-4H3. The van der Waals surface area contributed by atoms with Crippen molar-refractivity contribution < 1.29 is 14.0 Å². The van der Waals surface area contributed by atoms with E-state index in [-0.39, 0.29) is 24.3 Å². The Morgan fingerprint density at radius 3 is 2.38 bits per heavy atom. The average Bonchev–Trinajstić information content (AvgIpc) is 3.09. The first kappa shape index (κ1) is 22.5. The fourth-order valence-corrected chi connectivity index (χ4v) is 3.11. The summed E-state index contributed by atoms with van der Waals surface area (Å²) in [6.07, 6.45) is 2.83. The van der Waals surface area contributed by atoms with Crippen molar-refractivity contribution in [2.24, 2.45) is 5.92 Å². The fourth-order valence-electron chi connectivity index (χ4n) is 3.11. The van der Waals surface area contributed by atoms with Gasteiger partial charge in [0.15, 0.2) is 0 Å². The van der Waals surface area contributed by atoms with E-state index in [4.69, 9.17) is 4.42 Å². The Hall–Kier alpha value is -2.82. The average molecular weight is 397 g/mol. The van der Waals surface area contributed by atoms with Crippen LogP contribution in [-0.2, 0) is 22.6 Å². The first-order chi connectivity index (χ1) is 13.9. The van der Waals surface area contributed by atoms with Gasteiger partial charge in [0.2, 0.25) is 11.8 Å². The zero-order chi connectivity index (χ0) is 21.2. The second kappa shape index (κ2) is 11.2. The van der Waals surface area contributed by atoms with Crippen molar-refractivity contribution in [1.82, 2.24) is 9.80 Å². The van der Waals surface area contributed by atoms with Gasteiger partial charge in [0.05, 0.1) is 6.54 Å². The molecule has 0 atom stereocenters. The van der Waals surface area contributed by atoms with Crippen molar-refractivity contribution in [1.29, 1.82) is 0 Å². The molecule has 2 rings (SSSR count). The molecule has 5 heteroatoms. The lowest BCUT2D eigenvalue weighted by molar-refractivity contribution is -0.141. The van der Waals surface area contributed by atoms with Gasteiger partial charge >= 0.3 is 0 Å². The van der Waals surface area contributed by atoms with Gasteiger partial charge in [-0.1, -0.05) is 50.3 Å². The Bertz CT molecular complexity index is 795. The van der Waals surface area contributed by atoms with Gasteiger partial charge in [0.25, 0.3) is 0 Å². The SMILES string of the molecule is C=CCN(CC(=O)N(CCc1ccccc1)Cc1ccc(C)o1)C(=O)CC(C)C. The maximum absolute atomic E-state index is 13.1. The molecule has 0 unspecified atom stereocenters. The van der Waals surface area contributed by atoms with Crippen LogP contribution >= 0.6 is 0 Å². The highest BCUT2D eigenvalue weighted by atomic mass is 16.3. The van der Waals surface area contributed by atoms with E-state index in [0.29, 0.717) is 26.1 Å². The molecule has 0 aliphatic heterocycles. The molecule has 0 saturated heterocycles. The number of furan rings is 1. The van der Waals surface area contributed by atoms with Gasteiger partial charge in [-0.25, -0.2) is 0 Å². The Morgan fingerprint density at radius 1 is 1.07 bits per heavy atom. The van der Waals surface area contributed by atoms with E-state index in [1.807, 2.05) is 51.1 Å². The Morgan fingerprint density at radius 2 is 1.79 bits per heavy atom. The molecule has 0 saturated carbocycles. The molecule has 29 heavy (non-hydrogen) atoms. The number of carbonyl (C=O) groups excluding carboxylic acids is 2. The molecule has 0 spiro atoms. The highest BCUT2D eigenvalue weighted by Crippen LogP contribution is 2.12. The molecule has 0 radical (unpaired) electrons. The largest absolute Gasteiger partial charge is 0.464 e. The lowest BCUT2D eigenvalue weighted by atomic mass is 10.1. The van der Waals surface area contributed by atoms with Gasteiger partial charge in [0.1, 0.15) is 18.1 Å². The number of hydrogen-bond donors (Lipinski definition) is 0. The predicted molar refractivity (Wildman–Crippen MR) is 115 cm³/mol. The predicted octanol–water partition coefficient (Wildman–Crippen LogP) is 4.22. The van der Waals surface area contributed by atoms with Gasteiger partial charge in [-0.3, -0.25) is 9.59 Å². The highest BCUT2D eigenvalue weighted by molar-refractivity contribution is 5.85. The molecule has 2 amide bonds. The molecule has 0 aliphatic carbocycles. The molecule has 156 valence electrons. The van der Waals surface area contributed by atoms with Gasteiger partial charge in [-0.15, -0.1) is 6.58 Å². The third-order valence-corrected chi connectivity index (χ3v) is 4.62. The number of benzene rings is 1. The van der Waals surface area contributed by atoms with Gasteiger partial charge in [-0.2, -0.15) is 0 Å². The molecule has 0 N–H and O–H groups in total. The van der Waals surface area contributed by atoms with Crippen LogP contribution in [-0.4, -0.2) is 41.2 Å². The maximum Gasteiger partial charge on any atom is 0.242 e. The van der Waals surface area contributed by atoms with Crippen molar-refractivity contribution in [3.8, 4) is 0 Å². The van der Waals surface area contributed by atoms with E-state index in [9.17, 15) is 9.59 Å². The quantitative estimate of drug-likeness (QED) is 0.535. The van der Waals surface area contributed by atoms with Crippen molar-refractivity contribution >= 4 is 11.8 Å². The molecular formula is C24H32N2O3. The lowest BCUT2D eigenvalue weighted by Gasteiger charge is -2.27. The van der Waals surface area contributed by atoms with Crippen LogP contribution in [0.15, 0.2) is 59.5 Å². The smallest absolute Gasteiger partial charge is 0.242 e. The van der Waals surface area contributed by atoms with Crippen LogP contribution in [0.1, 0.15) is 37.4 Å². The molecule has 0 bridgehead atoms. The van der Waals surface area contributed by atoms with Gasteiger partial charge < -0.3 is 14.2 Å². The van der Waals surface area contributed by atoms with Crippen molar-refractivity contribution in [2.75, 3.05) is 19.6 Å². The van der Waals surface area contributed by atoms with E-state index in [1.54, 1.807) is 15.9 Å². The van der Waals surface area contributed by atoms with Crippen LogP contribution in [0.4, 0.5) is 0 Å². The number of nitrogens with zero attached hydrogens (tertiary/aromatic N) is 2. The number of amides is 2. The third-order valence-electron chi connectivity index (χ3n) is 4.62. The van der Waals surface area contributed by atoms with Crippen LogP contribution in [0, 0.1) is 12.8 Å². The van der Waals surface area contributed by atoms with Crippen LogP contribution in [0.5, 0.6) is 0 Å². The molecule has 1 aromatic heterocycles. The highest BCUT2D eigenvalue weighted by Gasteiger charge is 2.22. The third kappa shape index (κ3) is 7.60. The summed E-state index contributed by atoms with van der Waals surface area (Å²) in [5.41, 5.74) is 1.17. The topological polar surface area (TPSA) is 53.8 Å². The number of carbonyl (C=O) groups is 2. The zero-order valence-corrected chi connectivity index (χ0v) is 17.8. The summed E-state index contributed by atoms with van der Waals surface area (Å²) in [6, 6.07) is 13.9. The maximum atomic E-state index is 13.1. The lowest BCUT2D eigenvalue weighted by Crippen LogP contribution is -2.43. The van der Waals surface area contributed by atoms with Crippen LogP contribution in [0.2, 0.25) is 0 Å². The molecular weight excluding hydrogens is 364 g/mol. The summed E-state index contributed by atoms with van der Waals surface area (Å²) < 4.78 is 5.68. The first-order valence-electron chi connectivity index (χ1n) is 10.1. The van der Waals surface area contributed by atoms with E-state index in [0.717, 1.165) is 17.9 Å². The molecule has 1 aromatic carbocycles. The van der Waals surface area contributed by atoms with Gasteiger partial charge in [-0.05, 0) is 37.0 Å². The summed E-state index contributed by atoms with van der Waals surface area (Å²) in [7, 11) is 0. The summed E-state index contributed by atoms with van der Waals surface area (Å²) in [4.78, 5) is 29.0. The normalized spacial score (nSPS) is 10.8. The summed E-state index contributed by atoms with van der Waals surface area (Å²) >= 11 is 0. The van der Waals surface area contributed by atoms with Crippen molar-refractivity contribution in [3.63, 3.8) is 0 Å². The second-order valence-electron chi connectivity index (χ2n) is 7.72. The number of rotatable bonds is 11. The first-order valence-corrected chi connectivity index (χ1v) is 10.1. The molecule has 5 nitrogen and oxygen atoms in total. The second-order valence-corrected chi connectivity index (χ2v) is 7.72. The summed E-state index contributed by atoms with van der Waals surface area (Å²) in [6.45, 7) is 11.0. The van der Waals surface area contributed by atoms with Crippen LogP contribution < -0.4 is 0 Å². The van der Waals surface area contributed by atoms with E-state index in [2.05, 4.69) is 18.7 Å². The zero-order valence-electron chi connectivity index (χ0n) is 17.8. The van der Waals surface area contributed by atoms with Crippen molar-refractivity contribution in [3.05, 3.63) is 72.2 Å². The minimum Gasteiger partial charge on any atom is -0.464 e. The molecule has 0 aliphatic rings. The van der Waals surface area contributed by atoms with Crippen molar-refractivity contribution in [2.45, 2.75) is 40.2 Å². The van der Waals surface area contributed by atoms with Gasteiger partial charge in [0, 0.05) is 19.5 Å². The number of aryl methyl sites for hydroxylation is 1. The Labute approximate surface area is 174 Å². The Balaban J connectivity index is 2.10. The fraction of sp³-hybridized carbons (Fsp3) is 0.417. The molecule has 2 aromatic rings. The Kier molecular flexibility index (Phi) is 8.71. The molecule has 0 fully saturated rings. The van der Waals surface area contributed by atoms with E-state index < -0.39 is 0 Å². The molecule has 1 heterocycles. The van der Waals surface area contributed by atoms with E-state index in [1.165, 1.54) is 5.56 Å². The van der Waals surface area contributed by atoms with Crippen LogP contribution in [0.25, 0.3) is 0 Å². The minimum absolute atomic E-state index is 0.0231. The number of hydrogen-bond acceptors (Lipinski definition) is 3. The monoisotopic (exact) mass is 396 g/mol. The summed E-state index contributed by atoms with van der Waals surface area (Å²) in [5, 5.41) is 0. The minimum atomic E-state index is -0.0889. The van der Waals surface area contributed by atoms with Crippen LogP contribution in [0.3, 0.4) is 0 Å². The summed E-state index contributed by atoms with van der Waals surface area (Å²) in [5.74, 6) is 1.69. The van der Waals surface area contributed by atoms with E-state index >= 15 is 0 Å².